The van der Waals surface area contributed by atoms with Crippen LogP contribution in [0.1, 0.15) is 50.7 Å². The maximum atomic E-state index is 12.8. The van der Waals surface area contributed by atoms with Crippen LogP contribution in [0.3, 0.4) is 0 Å². The normalized spacial score (nSPS) is 19.5. The van der Waals surface area contributed by atoms with Crippen LogP contribution in [0, 0.1) is 6.92 Å². The van der Waals surface area contributed by atoms with Crippen LogP contribution in [0.2, 0.25) is 0 Å². The van der Waals surface area contributed by atoms with Crippen molar-refractivity contribution in [1.82, 2.24) is 0 Å². The van der Waals surface area contributed by atoms with Gasteiger partial charge in [-0.15, -0.1) is 0 Å². The lowest BCUT2D eigenvalue weighted by Crippen LogP contribution is -2.32. The van der Waals surface area contributed by atoms with Crippen molar-refractivity contribution in [3.8, 4) is 0 Å². The third-order valence-electron chi connectivity index (χ3n) is 4.33. The van der Waals surface area contributed by atoms with Crippen LogP contribution >= 0.6 is 0 Å². The number of hydrogen-bond acceptors (Lipinski definition) is 5. The molecule has 5 nitrogen and oxygen atoms in total. The van der Waals surface area contributed by atoms with Gasteiger partial charge in [0.25, 0.3) is 0 Å². The Morgan fingerprint density at radius 2 is 1.96 bits per heavy atom. The molecule has 0 saturated heterocycles. The molecule has 0 aliphatic carbocycles. The van der Waals surface area contributed by atoms with Gasteiger partial charge in [-0.25, -0.2) is 9.79 Å². The molecule has 0 saturated carbocycles. The summed E-state index contributed by atoms with van der Waals surface area (Å²) >= 11 is 0. The first-order valence-electron chi connectivity index (χ1n) is 8.68. The van der Waals surface area contributed by atoms with E-state index in [2.05, 4.69) is 4.99 Å². The van der Waals surface area contributed by atoms with Crippen LogP contribution in [-0.2, 0) is 9.53 Å². The smallest absolute Gasteiger partial charge is 0.336 e. The van der Waals surface area contributed by atoms with Crippen molar-refractivity contribution >= 4 is 11.8 Å². The van der Waals surface area contributed by atoms with Gasteiger partial charge >= 0.3 is 5.97 Å². The molecule has 4 N–H and O–H groups in total. The van der Waals surface area contributed by atoms with Gasteiger partial charge in [-0.3, -0.25) is 0 Å². The molecule has 134 valence electrons. The summed E-state index contributed by atoms with van der Waals surface area (Å²) in [6.07, 6.45) is 1.52. The molecule has 1 unspecified atom stereocenters. The zero-order valence-electron chi connectivity index (χ0n) is 15.4. The van der Waals surface area contributed by atoms with Crippen LogP contribution in [0.25, 0.3) is 0 Å². The van der Waals surface area contributed by atoms with Crippen molar-refractivity contribution in [2.75, 3.05) is 6.61 Å². The molecule has 0 radical (unpaired) electrons. The van der Waals surface area contributed by atoms with E-state index in [0.29, 0.717) is 41.4 Å². The van der Waals surface area contributed by atoms with Crippen LogP contribution in [0.15, 0.2) is 51.8 Å². The summed E-state index contributed by atoms with van der Waals surface area (Å²) in [5, 5.41) is 0. The molecule has 25 heavy (non-hydrogen) atoms. The molecule has 1 aliphatic rings. The van der Waals surface area contributed by atoms with Crippen molar-refractivity contribution < 1.29 is 9.53 Å². The summed E-state index contributed by atoms with van der Waals surface area (Å²) < 4.78 is 5.34. The maximum Gasteiger partial charge on any atom is 0.336 e. The number of aliphatic imine (C=N–C) groups is 1. The average Bonchev–Trinajstić information content (AvgIpc) is 2.54. The van der Waals surface area contributed by atoms with Crippen molar-refractivity contribution in [3.63, 3.8) is 0 Å². The molecule has 0 bridgehead atoms. The molecular weight excluding hydrogens is 314 g/mol. The Balaban J connectivity index is 2.78. The number of hydrogen-bond donors (Lipinski definition) is 2. The molecule has 1 aromatic rings. The Labute approximate surface area is 149 Å². The van der Waals surface area contributed by atoms with Crippen molar-refractivity contribution in [2.45, 2.75) is 46.5 Å². The first kappa shape index (κ1) is 18.8. The number of benzene rings is 1. The predicted molar refractivity (Wildman–Crippen MR) is 101 cm³/mol. The number of nitrogens with two attached hydrogens (primary N) is 2. The number of carbonyl (C=O) groups excluding carboxylic acids is 1. The van der Waals surface area contributed by atoms with E-state index in [1.54, 1.807) is 13.8 Å². The highest BCUT2D eigenvalue weighted by atomic mass is 16.5. The maximum absolute atomic E-state index is 12.8. The number of aryl methyl sites for hydroxylation is 1. The summed E-state index contributed by atoms with van der Waals surface area (Å²) in [4.78, 5) is 17.3. The number of esters is 1. The van der Waals surface area contributed by atoms with Crippen LogP contribution < -0.4 is 11.5 Å². The molecule has 0 spiro atoms. The third kappa shape index (κ3) is 3.76. The van der Waals surface area contributed by atoms with Gasteiger partial charge < -0.3 is 16.2 Å². The summed E-state index contributed by atoms with van der Waals surface area (Å²) in [6, 6.07) is 7.95. The van der Waals surface area contributed by atoms with Gasteiger partial charge in [0.2, 0.25) is 0 Å². The molecule has 1 aliphatic heterocycles. The second-order valence-corrected chi connectivity index (χ2v) is 6.21. The molecular formula is C20H27N3O2. The number of rotatable bonds is 5. The van der Waals surface area contributed by atoms with Gasteiger partial charge in [0.15, 0.2) is 0 Å². The largest absolute Gasteiger partial charge is 0.463 e. The molecule has 1 heterocycles. The average molecular weight is 341 g/mol. The van der Waals surface area contributed by atoms with Crippen molar-refractivity contribution in [2.24, 2.45) is 16.5 Å². The molecule has 0 fully saturated rings. The molecule has 5 heteroatoms. The second-order valence-electron chi connectivity index (χ2n) is 6.21. The van der Waals surface area contributed by atoms with Crippen LogP contribution in [-0.4, -0.2) is 18.4 Å². The van der Waals surface area contributed by atoms with Crippen molar-refractivity contribution in [1.29, 1.82) is 0 Å². The zero-order chi connectivity index (χ0) is 18.6. The Bertz CT molecular complexity index is 756. The summed E-state index contributed by atoms with van der Waals surface area (Å²) in [5.74, 6) is -0.330. The van der Waals surface area contributed by atoms with Gasteiger partial charge in [0.1, 0.15) is 5.84 Å². The first-order chi connectivity index (χ1) is 11.9. The first-order valence-corrected chi connectivity index (χ1v) is 8.68. The fourth-order valence-electron chi connectivity index (χ4n) is 3.25. The Morgan fingerprint density at radius 1 is 1.28 bits per heavy atom. The van der Waals surface area contributed by atoms with E-state index in [4.69, 9.17) is 16.2 Å². The van der Waals surface area contributed by atoms with Gasteiger partial charge in [0.05, 0.1) is 17.9 Å². The number of allylic oxidation sites excluding steroid dienone is 2. The van der Waals surface area contributed by atoms with E-state index in [1.165, 1.54) is 0 Å². The van der Waals surface area contributed by atoms with Gasteiger partial charge in [-0.1, -0.05) is 37.6 Å². The topological polar surface area (TPSA) is 90.7 Å². The van der Waals surface area contributed by atoms with Gasteiger partial charge in [0, 0.05) is 17.2 Å². The number of carbonyl (C=O) groups is 1. The zero-order valence-corrected chi connectivity index (χ0v) is 15.4. The van der Waals surface area contributed by atoms with E-state index in [9.17, 15) is 4.79 Å². The number of nitrogens with zero attached hydrogens (tertiary/aromatic N) is 1. The van der Waals surface area contributed by atoms with E-state index >= 15 is 0 Å². The number of amidine groups is 1. The lowest BCUT2D eigenvalue weighted by molar-refractivity contribution is -0.138. The van der Waals surface area contributed by atoms with E-state index in [0.717, 1.165) is 17.5 Å². The van der Waals surface area contributed by atoms with E-state index in [-0.39, 0.29) is 11.9 Å². The fraction of sp³-hybridized carbons (Fsp3) is 0.400. The van der Waals surface area contributed by atoms with E-state index in [1.807, 2.05) is 38.1 Å². The quantitative estimate of drug-likeness (QED) is 0.804. The van der Waals surface area contributed by atoms with Gasteiger partial charge in [-0.05, 0) is 38.3 Å². The highest BCUT2D eigenvalue weighted by molar-refractivity contribution is 6.06. The molecule has 0 amide bonds. The van der Waals surface area contributed by atoms with E-state index < -0.39 is 0 Å². The molecule has 0 aromatic heterocycles. The second kappa shape index (κ2) is 8.01. The predicted octanol–water partition coefficient (Wildman–Crippen LogP) is 3.30. The summed E-state index contributed by atoms with van der Waals surface area (Å²) in [6.45, 7) is 7.96. The Morgan fingerprint density at radius 3 is 2.52 bits per heavy atom. The minimum Gasteiger partial charge on any atom is -0.463 e. The lowest BCUT2D eigenvalue weighted by atomic mass is 9.78. The molecule has 2 rings (SSSR count). The highest BCUT2D eigenvalue weighted by Crippen LogP contribution is 2.41. The Hall–Kier alpha value is -2.56. The monoisotopic (exact) mass is 341 g/mol. The summed E-state index contributed by atoms with van der Waals surface area (Å²) in [5.41, 5.74) is 16.9. The molecule has 1 aromatic carbocycles. The van der Waals surface area contributed by atoms with Crippen molar-refractivity contribution in [3.05, 3.63) is 57.9 Å². The summed E-state index contributed by atoms with van der Waals surface area (Å²) in [7, 11) is 0. The molecule has 1 atom stereocenters. The Kier molecular flexibility index (Phi) is 6.02. The van der Waals surface area contributed by atoms with Crippen LogP contribution in [0.5, 0.6) is 0 Å². The minimum absolute atomic E-state index is 0.308. The third-order valence-corrected chi connectivity index (χ3v) is 4.33. The lowest BCUT2D eigenvalue weighted by Gasteiger charge is -2.30. The SMILES string of the molecule is CCCC1=C(C(=O)OCC)C(c2ccccc2C)/C(=C(\C)N)C(N)=N1. The standard InChI is InChI=1S/C20H27N3O2/c1-5-9-15-18(20(24)25-6-2)17(14-11-8-7-10-12(14)3)16(13(4)21)19(22)23-15/h7-8,10-11,17H,5-6,9,21H2,1-4H3,(H2,22,23)/b16-13-. The minimum atomic E-state index is -0.357. The van der Waals surface area contributed by atoms with Crippen LogP contribution in [0.4, 0.5) is 0 Å². The highest BCUT2D eigenvalue weighted by Gasteiger charge is 2.36. The number of ether oxygens (including phenoxy) is 1. The fourth-order valence-corrected chi connectivity index (χ4v) is 3.25. The van der Waals surface area contributed by atoms with Gasteiger partial charge in [-0.2, -0.15) is 0 Å².